The zero-order chi connectivity index (χ0) is 15.4. The van der Waals surface area contributed by atoms with Crippen molar-refractivity contribution < 1.29 is 9.32 Å². The average Bonchev–Trinajstić information content (AvgIpc) is 3.20. The maximum atomic E-state index is 12.0. The van der Waals surface area contributed by atoms with Crippen LogP contribution in [0.1, 0.15) is 69.5 Å². The first-order valence-corrected chi connectivity index (χ1v) is 8.25. The molecule has 0 aliphatic heterocycles. The Morgan fingerprint density at radius 3 is 2.68 bits per heavy atom. The Morgan fingerprint density at radius 1 is 1.27 bits per heavy atom. The van der Waals surface area contributed by atoms with Crippen molar-refractivity contribution in [2.75, 3.05) is 0 Å². The molecule has 118 valence electrons. The lowest BCUT2D eigenvalue weighted by Gasteiger charge is -2.26. The number of carbonyl (C=O) groups excluding carboxylic acids is 1. The molecule has 1 aromatic rings. The first-order valence-electron chi connectivity index (χ1n) is 8.25. The normalized spacial score (nSPS) is 21.4. The lowest BCUT2D eigenvalue weighted by Crippen LogP contribution is -2.34. The first-order chi connectivity index (χ1) is 10.7. The van der Waals surface area contributed by atoms with Crippen LogP contribution in [0.25, 0.3) is 0 Å². The maximum absolute atomic E-state index is 12.0. The van der Waals surface area contributed by atoms with E-state index in [-0.39, 0.29) is 12.3 Å². The number of nitrogens with one attached hydrogen (secondary N) is 1. The van der Waals surface area contributed by atoms with Crippen molar-refractivity contribution in [2.45, 2.75) is 75.7 Å². The topological polar surface area (TPSA) is 91.8 Å². The number of hydrogen-bond acceptors (Lipinski definition) is 5. The van der Waals surface area contributed by atoms with E-state index in [2.05, 4.69) is 21.5 Å². The molecule has 1 aromatic heterocycles. The van der Waals surface area contributed by atoms with E-state index in [4.69, 9.17) is 4.52 Å². The van der Waals surface area contributed by atoms with Gasteiger partial charge in [-0.05, 0) is 25.7 Å². The van der Waals surface area contributed by atoms with Crippen LogP contribution in [-0.4, -0.2) is 22.1 Å². The number of amides is 1. The van der Waals surface area contributed by atoms with E-state index >= 15 is 0 Å². The second-order valence-corrected chi connectivity index (χ2v) is 6.50. The van der Waals surface area contributed by atoms with Gasteiger partial charge in [-0.3, -0.25) is 4.79 Å². The van der Waals surface area contributed by atoms with E-state index in [0.29, 0.717) is 17.8 Å². The second kappa shape index (κ2) is 6.47. The molecule has 0 saturated heterocycles. The summed E-state index contributed by atoms with van der Waals surface area (Å²) in [5.41, 5.74) is -0.647. The van der Waals surface area contributed by atoms with E-state index in [1.165, 1.54) is 12.8 Å². The number of hydrogen-bond donors (Lipinski definition) is 1. The quantitative estimate of drug-likeness (QED) is 0.922. The molecule has 3 rings (SSSR count). The third-order valence-corrected chi connectivity index (χ3v) is 4.84. The molecule has 0 aromatic carbocycles. The van der Waals surface area contributed by atoms with Gasteiger partial charge in [0.15, 0.2) is 5.82 Å². The summed E-state index contributed by atoms with van der Waals surface area (Å²) in [6.07, 6.45) is 9.29. The molecule has 0 spiro atoms. The summed E-state index contributed by atoms with van der Waals surface area (Å²) in [4.78, 5) is 16.3. The van der Waals surface area contributed by atoms with Crippen molar-refractivity contribution in [3.8, 4) is 6.07 Å². The molecule has 6 nitrogen and oxygen atoms in total. The van der Waals surface area contributed by atoms with Gasteiger partial charge in [-0.1, -0.05) is 37.3 Å². The molecule has 0 atom stereocenters. The van der Waals surface area contributed by atoms with Gasteiger partial charge >= 0.3 is 0 Å². The van der Waals surface area contributed by atoms with Crippen LogP contribution in [0.4, 0.5) is 0 Å². The van der Waals surface area contributed by atoms with Crippen LogP contribution in [0.5, 0.6) is 0 Å². The molecule has 1 N–H and O–H groups in total. The average molecular weight is 302 g/mol. The van der Waals surface area contributed by atoms with Crippen molar-refractivity contribution in [1.82, 2.24) is 15.5 Å². The molecular weight excluding hydrogens is 280 g/mol. The zero-order valence-electron chi connectivity index (χ0n) is 12.8. The highest BCUT2D eigenvalue weighted by molar-refractivity contribution is 5.78. The fraction of sp³-hybridized carbons (Fsp3) is 0.750. The molecule has 2 fully saturated rings. The smallest absolute Gasteiger partial charge is 0.247 e. The summed E-state index contributed by atoms with van der Waals surface area (Å²) in [6.45, 7) is 0. The van der Waals surface area contributed by atoms with Crippen molar-refractivity contribution in [3.63, 3.8) is 0 Å². The predicted molar refractivity (Wildman–Crippen MR) is 78.8 cm³/mol. The van der Waals surface area contributed by atoms with E-state index < -0.39 is 5.41 Å². The minimum Gasteiger partial charge on any atom is -0.353 e. The highest BCUT2D eigenvalue weighted by Gasteiger charge is 2.39. The van der Waals surface area contributed by atoms with E-state index in [1.54, 1.807) is 0 Å². The molecule has 2 saturated carbocycles. The molecule has 22 heavy (non-hydrogen) atoms. The standard InChI is InChI=1S/C16H22N4O2/c17-11-16(8-4-1-5-9-16)15-19-13(20-22-15)10-14(21)18-12-6-2-3-7-12/h12H,1-10H2,(H,18,21). The zero-order valence-corrected chi connectivity index (χ0v) is 12.8. The Morgan fingerprint density at radius 2 is 2.00 bits per heavy atom. The van der Waals surface area contributed by atoms with Gasteiger partial charge in [0.25, 0.3) is 0 Å². The Balaban J connectivity index is 1.63. The third-order valence-electron chi connectivity index (χ3n) is 4.84. The Bertz CT molecular complexity index is 563. The summed E-state index contributed by atoms with van der Waals surface area (Å²) >= 11 is 0. The van der Waals surface area contributed by atoms with Crippen LogP contribution in [0, 0.1) is 11.3 Å². The van der Waals surface area contributed by atoms with Gasteiger partial charge in [0, 0.05) is 6.04 Å². The summed E-state index contributed by atoms with van der Waals surface area (Å²) in [5.74, 6) is 0.706. The van der Waals surface area contributed by atoms with E-state index in [9.17, 15) is 10.1 Å². The van der Waals surface area contributed by atoms with Gasteiger partial charge in [-0.25, -0.2) is 0 Å². The van der Waals surface area contributed by atoms with Crippen LogP contribution in [0.3, 0.4) is 0 Å². The number of carbonyl (C=O) groups is 1. The summed E-state index contributed by atoms with van der Waals surface area (Å²) in [6, 6.07) is 2.66. The third kappa shape index (κ3) is 3.13. The summed E-state index contributed by atoms with van der Waals surface area (Å²) in [7, 11) is 0. The molecule has 0 bridgehead atoms. The van der Waals surface area contributed by atoms with Crippen molar-refractivity contribution >= 4 is 5.91 Å². The fourth-order valence-electron chi connectivity index (χ4n) is 3.54. The number of nitrogens with zero attached hydrogens (tertiary/aromatic N) is 3. The van der Waals surface area contributed by atoms with Gasteiger partial charge in [0.2, 0.25) is 11.8 Å². The number of nitriles is 1. The predicted octanol–water partition coefficient (Wildman–Crippen LogP) is 2.40. The van der Waals surface area contributed by atoms with Gasteiger partial charge < -0.3 is 9.84 Å². The lowest BCUT2D eigenvalue weighted by molar-refractivity contribution is -0.121. The molecule has 2 aliphatic rings. The van der Waals surface area contributed by atoms with Gasteiger partial charge in [-0.15, -0.1) is 0 Å². The fourth-order valence-corrected chi connectivity index (χ4v) is 3.54. The van der Waals surface area contributed by atoms with Crippen LogP contribution in [-0.2, 0) is 16.6 Å². The highest BCUT2D eigenvalue weighted by atomic mass is 16.5. The maximum Gasteiger partial charge on any atom is 0.247 e. The van der Waals surface area contributed by atoms with Crippen LogP contribution in [0.2, 0.25) is 0 Å². The largest absolute Gasteiger partial charge is 0.353 e. The molecule has 0 radical (unpaired) electrons. The van der Waals surface area contributed by atoms with Crippen molar-refractivity contribution in [2.24, 2.45) is 0 Å². The van der Waals surface area contributed by atoms with Crippen LogP contribution < -0.4 is 5.32 Å². The number of aromatic nitrogens is 2. The summed E-state index contributed by atoms with van der Waals surface area (Å²) < 4.78 is 5.31. The molecule has 2 aliphatic carbocycles. The minimum absolute atomic E-state index is 0.0612. The van der Waals surface area contributed by atoms with Crippen LogP contribution in [0.15, 0.2) is 4.52 Å². The molecule has 1 heterocycles. The van der Waals surface area contributed by atoms with E-state index in [1.807, 2.05) is 0 Å². The van der Waals surface area contributed by atoms with Gasteiger partial charge in [0.05, 0.1) is 12.5 Å². The monoisotopic (exact) mass is 302 g/mol. The SMILES string of the molecule is N#CC1(c2nc(CC(=O)NC3CCCC3)no2)CCCCC1. The highest BCUT2D eigenvalue weighted by Crippen LogP contribution is 2.37. The van der Waals surface area contributed by atoms with Gasteiger partial charge in [-0.2, -0.15) is 10.2 Å². The number of rotatable bonds is 4. The second-order valence-electron chi connectivity index (χ2n) is 6.50. The Kier molecular flexibility index (Phi) is 4.41. The molecular formula is C16H22N4O2. The van der Waals surface area contributed by atoms with Crippen molar-refractivity contribution in [3.05, 3.63) is 11.7 Å². The van der Waals surface area contributed by atoms with E-state index in [0.717, 1.165) is 44.9 Å². The molecule has 1 amide bonds. The first kappa shape index (κ1) is 15.0. The van der Waals surface area contributed by atoms with Crippen LogP contribution >= 0.6 is 0 Å². The summed E-state index contributed by atoms with van der Waals surface area (Å²) in [5, 5.41) is 16.4. The lowest BCUT2D eigenvalue weighted by atomic mass is 9.75. The molecule has 0 unspecified atom stereocenters. The van der Waals surface area contributed by atoms with Crippen molar-refractivity contribution in [1.29, 1.82) is 5.26 Å². The Labute approximate surface area is 130 Å². The minimum atomic E-state index is -0.647. The van der Waals surface area contributed by atoms with Gasteiger partial charge in [0.1, 0.15) is 5.41 Å². The Hall–Kier alpha value is -1.90. The molecule has 6 heteroatoms.